The van der Waals surface area contributed by atoms with Crippen LogP contribution in [0.5, 0.6) is 11.5 Å². The fourth-order valence-corrected chi connectivity index (χ4v) is 6.66. The van der Waals surface area contributed by atoms with Crippen LogP contribution in [-0.4, -0.2) is 132 Å². The second-order valence-electron chi connectivity index (χ2n) is 18.4. The number of amides is 9. The first kappa shape index (κ1) is 71.6. The number of nitrogen functional groups attached to an aromatic ring is 1. The molecule has 0 bridgehead atoms. The first-order chi connectivity index (χ1) is 37.9. The number of aromatic hydroxyl groups is 2. The van der Waals surface area contributed by atoms with Gasteiger partial charge in [-0.05, 0) is 107 Å². The molecule has 0 radical (unpaired) electrons. The van der Waals surface area contributed by atoms with Crippen LogP contribution in [0, 0.1) is 29.9 Å². The third-order valence-corrected chi connectivity index (χ3v) is 11.2. The average molecular weight is 1120 g/mol. The Hall–Kier alpha value is -8.39. The SMILES string of the molecule is CCC.CCC(C)C(NC(=O)CNC(=O)C(CCCCN)NC(=O)CNC(=O)C(CCC(=O)NCCCCCNC(=O)c1ccccc1N)NC(=O)CN)C(=O)NCC(N)=O.Cc1ccc(O)c([N+](=O)[O-])c1.Cc1ccc(O)cc1. The minimum absolute atomic E-state index is 0.101. The van der Waals surface area contributed by atoms with Gasteiger partial charge < -0.3 is 75.7 Å². The van der Waals surface area contributed by atoms with Crippen molar-refractivity contribution in [3.63, 3.8) is 0 Å². The predicted molar refractivity (Wildman–Crippen MR) is 303 cm³/mol. The van der Waals surface area contributed by atoms with Crippen molar-refractivity contribution in [3.8, 4) is 11.5 Å². The van der Waals surface area contributed by atoms with Crippen LogP contribution in [-0.2, 0) is 38.4 Å². The number of nitrogens with zero attached hydrogens (tertiary/aromatic N) is 1. The van der Waals surface area contributed by atoms with E-state index in [0.717, 1.165) is 12.0 Å². The smallest absolute Gasteiger partial charge is 0.310 e. The van der Waals surface area contributed by atoms with Gasteiger partial charge in [0.1, 0.15) is 23.9 Å². The first-order valence-corrected chi connectivity index (χ1v) is 26.4. The third kappa shape index (κ3) is 32.4. The van der Waals surface area contributed by atoms with Crippen LogP contribution >= 0.6 is 0 Å². The quantitative estimate of drug-likeness (QED) is 0.0193. The topological polar surface area (TPSA) is 438 Å². The van der Waals surface area contributed by atoms with Crippen LogP contribution in [0.25, 0.3) is 0 Å². The molecule has 444 valence electrons. The molecule has 0 aliphatic rings. The maximum atomic E-state index is 13.1. The Morgan fingerprint density at radius 2 is 1.16 bits per heavy atom. The highest BCUT2D eigenvalue weighted by molar-refractivity contribution is 5.99. The Kier molecular flexibility index (Phi) is 37.3. The summed E-state index contributed by atoms with van der Waals surface area (Å²) in [5, 5.41) is 48.2. The van der Waals surface area contributed by atoms with Crippen molar-refractivity contribution in [2.45, 2.75) is 124 Å². The van der Waals surface area contributed by atoms with Crippen molar-refractivity contribution >= 4 is 64.5 Å². The van der Waals surface area contributed by atoms with Gasteiger partial charge in [0.25, 0.3) is 5.91 Å². The van der Waals surface area contributed by atoms with Crippen molar-refractivity contribution < 1.29 is 58.3 Å². The van der Waals surface area contributed by atoms with Gasteiger partial charge in [-0.15, -0.1) is 0 Å². The highest BCUT2D eigenvalue weighted by Crippen LogP contribution is 2.25. The molecule has 80 heavy (non-hydrogen) atoms. The van der Waals surface area contributed by atoms with E-state index < -0.39 is 90.6 Å². The van der Waals surface area contributed by atoms with E-state index in [9.17, 15) is 53.3 Å². The molecule has 3 aromatic rings. The molecule has 0 aliphatic heterocycles. The molecule has 3 aromatic carbocycles. The molecule has 0 aliphatic carbocycles. The Balaban J connectivity index is 0.00000232. The van der Waals surface area contributed by atoms with Gasteiger partial charge >= 0.3 is 5.69 Å². The number of hydrogen-bond donors (Lipinski definition) is 14. The molecule has 0 fully saturated rings. The van der Waals surface area contributed by atoms with Crippen molar-refractivity contribution in [1.29, 1.82) is 0 Å². The van der Waals surface area contributed by atoms with E-state index in [1.54, 1.807) is 56.3 Å². The van der Waals surface area contributed by atoms with Gasteiger partial charge in [0, 0.05) is 31.3 Å². The number of para-hydroxylation sites is 1. The van der Waals surface area contributed by atoms with E-state index in [1.807, 2.05) is 26.0 Å². The van der Waals surface area contributed by atoms with E-state index in [2.05, 4.69) is 56.4 Å². The number of nitrogens with two attached hydrogens (primary N) is 4. The molecule has 26 nitrogen and oxygen atoms in total. The molecular weight excluding hydrogens is 1040 g/mol. The van der Waals surface area contributed by atoms with Gasteiger partial charge in [-0.2, -0.15) is 0 Å². The number of hydrogen-bond acceptors (Lipinski definition) is 16. The molecule has 4 atom stereocenters. The Morgan fingerprint density at radius 1 is 0.625 bits per heavy atom. The normalized spacial score (nSPS) is 11.7. The fraction of sp³-hybridized carbons (Fsp3) is 0.500. The van der Waals surface area contributed by atoms with E-state index in [4.69, 9.17) is 33.1 Å². The van der Waals surface area contributed by atoms with Crippen molar-refractivity contribution in [2.24, 2.45) is 23.1 Å². The molecule has 9 amide bonds. The highest BCUT2D eigenvalue weighted by Gasteiger charge is 2.28. The maximum Gasteiger partial charge on any atom is 0.310 e. The average Bonchev–Trinajstić information content (AvgIpc) is 3.42. The van der Waals surface area contributed by atoms with Crippen molar-refractivity contribution in [1.82, 2.24) is 42.5 Å². The van der Waals surface area contributed by atoms with Gasteiger partial charge in [0.05, 0.1) is 36.7 Å². The summed E-state index contributed by atoms with van der Waals surface area (Å²) >= 11 is 0. The van der Waals surface area contributed by atoms with E-state index in [1.165, 1.54) is 24.1 Å². The zero-order valence-electron chi connectivity index (χ0n) is 46.8. The number of benzene rings is 3. The molecule has 0 heterocycles. The number of phenolic OH excluding ortho intramolecular Hbond substituents is 2. The lowest BCUT2D eigenvalue weighted by Gasteiger charge is -2.24. The van der Waals surface area contributed by atoms with Gasteiger partial charge in [0.2, 0.25) is 47.3 Å². The number of nitro groups is 1. The van der Waals surface area contributed by atoms with Crippen LogP contribution < -0.4 is 65.5 Å². The number of primary amides is 1. The summed E-state index contributed by atoms with van der Waals surface area (Å²) < 4.78 is 0. The van der Waals surface area contributed by atoms with E-state index in [-0.39, 0.29) is 48.4 Å². The number of carbonyl (C=O) groups excluding carboxylic acids is 9. The number of rotatable bonds is 30. The Labute approximate surface area is 467 Å². The molecule has 4 unspecified atom stereocenters. The molecular formula is C54H85N13O13. The molecule has 26 heteroatoms. The molecule has 18 N–H and O–H groups in total. The molecule has 0 saturated heterocycles. The zero-order valence-corrected chi connectivity index (χ0v) is 46.8. The van der Waals surface area contributed by atoms with E-state index >= 15 is 0 Å². The van der Waals surface area contributed by atoms with Gasteiger partial charge in [0.15, 0.2) is 5.75 Å². The molecule has 0 saturated carbocycles. The minimum Gasteiger partial charge on any atom is -0.508 e. The predicted octanol–water partition coefficient (Wildman–Crippen LogP) is 1.21. The van der Waals surface area contributed by atoms with Gasteiger partial charge in [-0.1, -0.05) is 76.4 Å². The first-order valence-electron chi connectivity index (χ1n) is 26.4. The summed E-state index contributed by atoms with van der Waals surface area (Å²) in [6, 6.07) is 14.8. The summed E-state index contributed by atoms with van der Waals surface area (Å²) in [5.41, 5.74) is 24.4. The summed E-state index contributed by atoms with van der Waals surface area (Å²) in [4.78, 5) is 122. The van der Waals surface area contributed by atoms with Crippen LogP contribution in [0.3, 0.4) is 0 Å². The van der Waals surface area contributed by atoms with Crippen molar-refractivity contribution in [3.05, 3.63) is 93.5 Å². The van der Waals surface area contributed by atoms with Crippen molar-refractivity contribution in [2.75, 3.05) is 51.5 Å². The second kappa shape index (κ2) is 41.7. The molecule has 0 spiro atoms. The monoisotopic (exact) mass is 1120 g/mol. The van der Waals surface area contributed by atoms with Crippen LogP contribution in [0.15, 0.2) is 66.7 Å². The molecule has 0 aromatic heterocycles. The zero-order chi connectivity index (χ0) is 60.6. The summed E-state index contributed by atoms with van der Waals surface area (Å²) in [7, 11) is 0. The summed E-state index contributed by atoms with van der Waals surface area (Å²) in [6.45, 7) is 10.7. The maximum absolute atomic E-state index is 13.1. The fourth-order valence-electron chi connectivity index (χ4n) is 6.66. The largest absolute Gasteiger partial charge is 0.508 e. The number of carbonyl (C=O) groups is 9. The lowest BCUT2D eigenvalue weighted by Crippen LogP contribution is -2.55. The second-order valence-corrected chi connectivity index (χ2v) is 18.4. The minimum atomic E-state index is -1.20. The van der Waals surface area contributed by atoms with Crippen LogP contribution in [0.2, 0.25) is 0 Å². The van der Waals surface area contributed by atoms with Gasteiger partial charge in [-0.25, -0.2) is 0 Å². The Bertz CT molecular complexity index is 2410. The lowest BCUT2D eigenvalue weighted by molar-refractivity contribution is -0.385. The summed E-state index contributed by atoms with van der Waals surface area (Å²) in [6.07, 6.45) is 4.70. The number of anilines is 1. The van der Waals surface area contributed by atoms with E-state index in [0.29, 0.717) is 68.7 Å². The number of aryl methyl sites for hydroxylation is 2. The lowest BCUT2D eigenvalue weighted by atomic mass is 9.98. The third-order valence-electron chi connectivity index (χ3n) is 11.2. The number of phenols is 2. The highest BCUT2D eigenvalue weighted by atomic mass is 16.6. The van der Waals surface area contributed by atoms with Crippen LogP contribution in [0.1, 0.15) is 113 Å². The van der Waals surface area contributed by atoms with Gasteiger partial charge in [-0.3, -0.25) is 53.3 Å². The number of nitrogens with one attached hydrogen (secondary N) is 8. The number of unbranched alkanes of at least 4 members (excludes halogenated alkanes) is 3. The Morgan fingerprint density at radius 3 is 1.69 bits per heavy atom. The van der Waals surface area contributed by atoms with Crippen LogP contribution in [0.4, 0.5) is 11.4 Å². The standard InChI is InChI=1S/C37H62N12O9.C7H7NO3.C7H8O.C3H8/c1-3-23(2)33(37(58)44-20-28(41)50)49-32(54)22-46-35(56)26(13-7-8-16-38)48-31(53)21-45-36(57)27(47-30(52)19-39)14-15-29(51)42-17-9-4-10-18-43-34(55)24-11-5-6-12-25(24)40;1-5-2-3-7(9)6(4-5)8(10)11;1-6-2-4-7(8)5-3-6;1-3-2/h5-6,11-12,23,26-27,33H,3-4,7-10,13-22,38-40H2,1-2H3,(H2,41,50)(H,42,51)(H,43,55)(H,44,58)(H,45,57)(H,46,56)(H,47,52)(H,48,53)(H,49,54);2-4,9H,1H3;2-5,8H,1H3;3H2,1-2H3. The molecule has 3 rings (SSSR count). The number of nitro benzene ring substituents is 1. The summed E-state index contributed by atoms with van der Waals surface area (Å²) in [5.74, 6) is -5.86.